The van der Waals surface area contributed by atoms with E-state index in [1.165, 1.54) is 0 Å². The lowest BCUT2D eigenvalue weighted by Crippen LogP contribution is -2.12. The molecule has 0 saturated heterocycles. The van der Waals surface area contributed by atoms with Crippen molar-refractivity contribution in [2.24, 2.45) is 0 Å². The fourth-order valence-corrected chi connectivity index (χ4v) is 1.94. The lowest BCUT2D eigenvalue weighted by molar-refractivity contribution is 0.304. The van der Waals surface area contributed by atoms with Crippen molar-refractivity contribution in [2.75, 3.05) is 11.0 Å². The Balaban J connectivity index is 2.27. The van der Waals surface area contributed by atoms with E-state index in [4.69, 9.17) is 4.74 Å². The van der Waals surface area contributed by atoms with E-state index in [1.54, 1.807) is 12.1 Å². The van der Waals surface area contributed by atoms with Crippen molar-refractivity contribution in [1.82, 2.24) is 4.98 Å². The summed E-state index contributed by atoms with van der Waals surface area (Å²) in [5.74, 6) is 0.694. The Kier molecular flexibility index (Phi) is 3.07. The molecular formula is C9H11BrN2O3S. The van der Waals surface area contributed by atoms with E-state index in [0.717, 1.165) is 19.1 Å². The van der Waals surface area contributed by atoms with Gasteiger partial charge in [-0.05, 0) is 40.9 Å². The zero-order valence-electron chi connectivity index (χ0n) is 8.60. The zero-order valence-corrected chi connectivity index (χ0v) is 11.0. The van der Waals surface area contributed by atoms with Crippen LogP contribution in [0.3, 0.4) is 0 Å². The summed E-state index contributed by atoms with van der Waals surface area (Å²) in [7, 11) is -3.35. The molecule has 1 saturated carbocycles. The number of sulfonamides is 1. The van der Waals surface area contributed by atoms with Gasteiger partial charge in [0.1, 0.15) is 4.60 Å². The number of hydrogen-bond donors (Lipinski definition) is 1. The molecule has 0 bridgehead atoms. The number of rotatable bonds is 4. The Morgan fingerprint density at radius 2 is 2.19 bits per heavy atom. The van der Waals surface area contributed by atoms with Gasteiger partial charge < -0.3 is 4.74 Å². The first-order valence-corrected chi connectivity index (χ1v) is 7.43. The third kappa shape index (κ3) is 3.34. The summed E-state index contributed by atoms with van der Waals surface area (Å²) in [6.07, 6.45) is 3.29. The molecule has 0 aromatic carbocycles. The first kappa shape index (κ1) is 11.7. The molecule has 0 unspecified atom stereocenters. The first-order valence-electron chi connectivity index (χ1n) is 4.75. The van der Waals surface area contributed by atoms with E-state index in [0.29, 0.717) is 10.4 Å². The molecule has 1 heterocycles. The van der Waals surface area contributed by atoms with Crippen LogP contribution in [0.15, 0.2) is 16.7 Å². The average molecular weight is 307 g/mol. The predicted octanol–water partition coefficient (Wildman–Crippen LogP) is 1.76. The lowest BCUT2D eigenvalue weighted by Gasteiger charge is -2.10. The Morgan fingerprint density at radius 1 is 1.50 bits per heavy atom. The molecular weight excluding hydrogens is 296 g/mol. The summed E-state index contributed by atoms with van der Waals surface area (Å²) >= 11 is 3.18. The molecule has 88 valence electrons. The molecule has 1 N–H and O–H groups in total. The van der Waals surface area contributed by atoms with Crippen molar-refractivity contribution < 1.29 is 13.2 Å². The number of nitrogens with one attached hydrogen (secondary N) is 1. The van der Waals surface area contributed by atoms with Crippen LogP contribution in [-0.2, 0) is 10.0 Å². The van der Waals surface area contributed by atoms with Crippen LogP contribution in [0.25, 0.3) is 0 Å². The van der Waals surface area contributed by atoms with Crippen LogP contribution in [0.2, 0.25) is 0 Å². The van der Waals surface area contributed by atoms with E-state index in [2.05, 4.69) is 25.6 Å². The van der Waals surface area contributed by atoms with E-state index in [1.807, 2.05) is 0 Å². The van der Waals surface area contributed by atoms with E-state index in [9.17, 15) is 8.42 Å². The van der Waals surface area contributed by atoms with Crippen molar-refractivity contribution >= 4 is 31.8 Å². The molecule has 1 aliphatic carbocycles. The molecule has 0 radical (unpaired) electrons. The molecule has 16 heavy (non-hydrogen) atoms. The molecule has 0 spiro atoms. The summed E-state index contributed by atoms with van der Waals surface area (Å²) in [5.41, 5.74) is 0. The summed E-state index contributed by atoms with van der Waals surface area (Å²) in [6.45, 7) is 0. The normalized spacial score (nSPS) is 15.9. The highest BCUT2D eigenvalue weighted by Crippen LogP contribution is 2.32. The third-order valence-corrected chi connectivity index (χ3v) is 2.93. The second-order valence-electron chi connectivity index (χ2n) is 3.67. The van der Waals surface area contributed by atoms with Crippen LogP contribution in [0.4, 0.5) is 5.82 Å². The van der Waals surface area contributed by atoms with Gasteiger partial charge in [-0.1, -0.05) is 0 Å². The van der Waals surface area contributed by atoms with Crippen molar-refractivity contribution in [3.63, 3.8) is 0 Å². The minimum atomic E-state index is -3.35. The topological polar surface area (TPSA) is 68.3 Å². The van der Waals surface area contributed by atoms with Crippen LogP contribution in [0.1, 0.15) is 12.8 Å². The molecule has 2 rings (SSSR count). The lowest BCUT2D eigenvalue weighted by atomic mass is 10.4. The SMILES string of the molecule is CS(=O)(=O)Nc1nc(Br)ccc1OC1CC1. The van der Waals surface area contributed by atoms with E-state index >= 15 is 0 Å². The minimum Gasteiger partial charge on any atom is -0.487 e. The largest absolute Gasteiger partial charge is 0.487 e. The van der Waals surface area contributed by atoms with Gasteiger partial charge in [0.05, 0.1) is 12.4 Å². The maximum atomic E-state index is 11.1. The highest BCUT2D eigenvalue weighted by molar-refractivity contribution is 9.10. The third-order valence-electron chi connectivity index (χ3n) is 1.92. The minimum absolute atomic E-state index is 0.197. The molecule has 1 aromatic rings. The van der Waals surface area contributed by atoms with Crippen molar-refractivity contribution in [1.29, 1.82) is 0 Å². The monoisotopic (exact) mass is 306 g/mol. The van der Waals surface area contributed by atoms with E-state index < -0.39 is 10.0 Å². The second kappa shape index (κ2) is 4.21. The Labute approximate surface area is 102 Å². The van der Waals surface area contributed by atoms with E-state index in [-0.39, 0.29) is 11.9 Å². The summed E-state index contributed by atoms with van der Waals surface area (Å²) in [5, 5.41) is 0. The van der Waals surface area contributed by atoms with Crippen LogP contribution >= 0.6 is 15.9 Å². The van der Waals surface area contributed by atoms with Crippen LogP contribution < -0.4 is 9.46 Å². The zero-order chi connectivity index (χ0) is 11.8. The Hall–Kier alpha value is -0.820. The van der Waals surface area contributed by atoms with Crippen LogP contribution in [-0.4, -0.2) is 25.8 Å². The fraction of sp³-hybridized carbons (Fsp3) is 0.444. The van der Waals surface area contributed by atoms with Gasteiger partial charge in [-0.15, -0.1) is 0 Å². The van der Waals surface area contributed by atoms with Gasteiger partial charge in [0.2, 0.25) is 10.0 Å². The summed E-state index contributed by atoms with van der Waals surface area (Å²) < 4.78 is 30.7. The average Bonchev–Trinajstić information content (AvgIpc) is 2.91. The molecule has 0 amide bonds. The van der Waals surface area contributed by atoms with Gasteiger partial charge in [0.25, 0.3) is 0 Å². The van der Waals surface area contributed by atoms with Crippen LogP contribution in [0, 0.1) is 0 Å². The molecule has 0 aliphatic heterocycles. The van der Waals surface area contributed by atoms with Gasteiger partial charge >= 0.3 is 0 Å². The molecule has 0 atom stereocenters. The van der Waals surface area contributed by atoms with Crippen molar-refractivity contribution in [2.45, 2.75) is 18.9 Å². The summed E-state index contributed by atoms with van der Waals surface area (Å²) in [4.78, 5) is 4.04. The highest BCUT2D eigenvalue weighted by Gasteiger charge is 2.25. The maximum absolute atomic E-state index is 11.1. The predicted molar refractivity (Wildman–Crippen MR) is 64.1 cm³/mol. The van der Waals surface area contributed by atoms with Crippen molar-refractivity contribution in [3.8, 4) is 5.75 Å². The van der Waals surface area contributed by atoms with Gasteiger partial charge in [-0.2, -0.15) is 0 Å². The highest BCUT2D eigenvalue weighted by atomic mass is 79.9. The van der Waals surface area contributed by atoms with Gasteiger partial charge in [-0.25, -0.2) is 13.4 Å². The van der Waals surface area contributed by atoms with Gasteiger partial charge in [-0.3, -0.25) is 4.72 Å². The van der Waals surface area contributed by atoms with Gasteiger partial charge in [0, 0.05) is 0 Å². The smallest absolute Gasteiger partial charge is 0.231 e. The number of ether oxygens (including phenoxy) is 1. The number of anilines is 1. The Morgan fingerprint density at radius 3 is 2.75 bits per heavy atom. The maximum Gasteiger partial charge on any atom is 0.231 e. The number of halogens is 1. The molecule has 1 fully saturated rings. The fourth-order valence-electron chi connectivity index (χ4n) is 1.13. The molecule has 7 heteroatoms. The Bertz CT molecular complexity index is 499. The number of pyridine rings is 1. The number of hydrogen-bond acceptors (Lipinski definition) is 4. The standard InChI is InChI=1S/C9H11BrN2O3S/c1-16(13,14)12-9-7(15-6-2-3-6)4-5-8(10)11-9/h4-6H,2-3H2,1H3,(H,11,12). The second-order valence-corrected chi connectivity index (χ2v) is 6.23. The first-order chi connectivity index (χ1) is 7.44. The molecule has 1 aliphatic rings. The number of nitrogens with zero attached hydrogens (tertiary/aromatic N) is 1. The van der Waals surface area contributed by atoms with Gasteiger partial charge in [0.15, 0.2) is 11.6 Å². The molecule has 5 nitrogen and oxygen atoms in total. The summed E-state index contributed by atoms with van der Waals surface area (Å²) in [6, 6.07) is 3.41. The van der Waals surface area contributed by atoms with Crippen LogP contribution in [0.5, 0.6) is 5.75 Å². The number of aromatic nitrogens is 1. The van der Waals surface area contributed by atoms with Crippen molar-refractivity contribution in [3.05, 3.63) is 16.7 Å². The quantitative estimate of drug-likeness (QED) is 0.861. The molecule has 1 aromatic heterocycles.